The Bertz CT molecular complexity index is 469. The smallest absolute Gasteiger partial charge is 0.325 e. The van der Waals surface area contributed by atoms with Crippen molar-refractivity contribution >= 4 is 5.97 Å². The number of ether oxygens (including phenoxy) is 1. The summed E-state index contributed by atoms with van der Waals surface area (Å²) < 4.78 is 5.58. The molecule has 0 spiro atoms. The summed E-state index contributed by atoms with van der Waals surface area (Å²) in [6.07, 6.45) is 1.84. The Labute approximate surface area is 125 Å². The molecule has 2 N–H and O–H groups in total. The third kappa shape index (κ3) is 4.19. The summed E-state index contributed by atoms with van der Waals surface area (Å²) in [6, 6.07) is 6.62. The topological polar surface area (TPSA) is 70.0 Å². The van der Waals surface area contributed by atoms with Crippen LogP contribution in [0.5, 0.6) is 5.75 Å². The molecule has 1 aromatic carbocycles. The molecule has 1 saturated heterocycles. The quantitative estimate of drug-likeness (QED) is 0.840. The van der Waals surface area contributed by atoms with Gasteiger partial charge in [-0.1, -0.05) is 19.1 Å². The second-order valence-electron chi connectivity index (χ2n) is 5.43. The number of carboxylic acid groups (broad SMARTS) is 1. The third-order valence-corrected chi connectivity index (χ3v) is 3.74. The molecule has 2 rings (SSSR count). The fourth-order valence-electron chi connectivity index (χ4n) is 2.65. The van der Waals surface area contributed by atoms with Gasteiger partial charge in [0, 0.05) is 13.1 Å². The first-order valence-electron chi connectivity index (χ1n) is 7.49. The number of benzene rings is 1. The Kier molecular flexibility index (Phi) is 5.59. The largest absolute Gasteiger partial charge is 0.494 e. The SMILES string of the molecule is CCCOc1cccc(C(C(=O)O)N2CCC(O)CC2)c1. The van der Waals surface area contributed by atoms with Crippen LogP contribution in [-0.2, 0) is 4.79 Å². The van der Waals surface area contributed by atoms with Gasteiger partial charge in [-0.05, 0) is 37.0 Å². The van der Waals surface area contributed by atoms with E-state index in [2.05, 4.69) is 0 Å². The van der Waals surface area contributed by atoms with E-state index in [-0.39, 0.29) is 6.10 Å². The van der Waals surface area contributed by atoms with E-state index in [1.54, 1.807) is 6.07 Å². The molecule has 0 bridgehead atoms. The zero-order valence-electron chi connectivity index (χ0n) is 12.4. The van der Waals surface area contributed by atoms with Crippen LogP contribution >= 0.6 is 0 Å². The summed E-state index contributed by atoms with van der Waals surface area (Å²) in [4.78, 5) is 13.6. The number of hydrogen-bond donors (Lipinski definition) is 2. The number of rotatable bonds is 6. The highest BCUT2D eigenvalue weighted by Crippen LogP contribution is 2.27. The lowest BCUT2D eigenvalue weighted by molar-refractivity contribution is -0.144. The molecule has 1 fully saturated rings. The lowest BCUT2D eigenvalue weighted by atomic mass is 10.0. The molecule has 1 unspecified atom stereocenters. The molecule has 1 heterocycles. The van der Waals surface area contributed by atoms with E-state index in [1.165, 1.54) is 0 Å². The standard InChI is InChI=1S/C16H23NO4/c1-2-10-21-14-5-3-4-12(11-14)15(16(19)20)17-8-6-13(18)7-9-17/h3-5,11,13,15,18H,2,6-10H2,1H3,(H,19,20). The fourth-order valence-corrected chi connectivity index (χ4v) is 2.65. The molecule has 5 nitrogen and oxygen atoms in total. The zero-order chi connectivity index (χ0) is 15.2. The third-order valence-electron chi connectivity index (χ3n) is 3.74. The number of likely N-dealkylation sites (tertiary alicyclic amines) is 1. The number of carboxylic acids is 1. The molecule has 0 aromatic heterocycles. The number of hydrogen-bond acceptors (Lipinski definition) is 4. The maximum atomic E-state index is 11.7. The summed E-state index contributed by atoms with van der Waals surface area (Å²) in [5.74, 6) is -0.156. The van der Waals surface area contributed by atoms with E-state index in [4.69, 9.17) is 4.74 Å². The van der Waals surface area contributed by atoms with Crippen LogP contribution in [0, 0.1) is 0 Å². The minimum atomic E-state index is -0.862. The summed E-state index contributed by atoms with van der Waals surface area (Å²) in [5.41, 5.74) is 0.729. The highest BCUT2D eigenvalue weighted by atomic mass is 16.5. The monoisotopic (exact) mass is 293 g/mol. The van der Waals surface area contributed by atoms with Gasteiger partial charge in [0.05, 0.1) is 12.7 Å². The molecular weight excluding hydrogens is 270 g/mol. The first-order valence-corrected chi connectivity index (χ1v) is 7.49. The van der Waals surface area contributed by atoms with Gasteiger partial charge >= 0.3 is 5.97 Å². The van der Waals surface area contributed by atoms with Crippen LogP contribution in [0.15, 0.2) is 24.3 Å². The van der Waals surface area contributed by atoms with Gasteiger partial charge in [-0.25, -0.2) is 0 Å². The molecule has 1 aromatic rings. The summed E-state index contributed by atoms with van der Waals surface area (Å²) >= 11 is 0. The van der Waals surface area contributed by atoms with Crippen molar-refractivity contribution in [3.05, 3.63) is 29.8 Å². The minimum Gasteiger partial charge on any atom is -0.494 e. The molecule has 21 heavy (non-hydrogen) atoms. The fraction of sp³-hybridized carbons (Fsp3) is 0.562. The summed E-state index contributed by atoms with van der Waals surface area (Å²) in [7, 11) is 0. The van der Waals surface area contributed by atoms with Crippen molar-refractivity contribution in [3.63, 3.8) is 0 Å². The van der Waals surface area contributed by atoms with Crippen LogP contribution in [0.3, 0.4) is 0 Å². The van der Waals surface area contributed by atoms with Gasteiger partial charge in [-0.15, -0.1) is 0 Å². The van der Waals surface area contributed by atoms with Gasteiger partial charge in [-0.2, -0.15) is 0 Å². The average Bonchev–Trinajstić information content (AvgIpc) is 2.47. The predicted octanol–water partition coefficient (Wildman–Crippen LogP) is 2.06. The number of aliphatic carboxylic acids is 1. The lowest BCUT2D eigenvalue weighted by Crippen LogP contribution is -2.41. The average molecular weight is 293 g/mol. The Morgan fingerprint density at radius 2 is 2.14 bits per heavy atom. The first-order chi connectivity index (χ1) is 10.1. The molecule has 1 atom stereocenters. The molecule has 1 aliphatic heterocycles. The number of piperidine rings is 1. The highest BCUT2D eigenvalue weighted by Gasteiger charge is 2.30. The van der Waals surface area contributed by atoms with Gasteiger partial charge in [0.15, 0.2) is 0 Å². The summed E-state index contributed by atoms with van der Waals surface area (Å²) in [6.45, 7) is 3.84. The van der Waals surface area contributed by atoms with Gasteiger partial charge in [-0.3, -0.25) is 9.69 Å². The second kappa shape index (κ2) is 7.43. The van der Waals surface area contributed by atoms with Crippen LogP contribution in [0.2, 0.25) is 0 Å². The predicted molar refractivity (Wildman–Crippen MR) is 79.4 cm³/mol. The molecule has 1 aliphatic rings. The van der Waals surface area contributed by atoms with Crippen LogP contribution in [0.4, 0.5) is 0 Å². The Hall–Kier alpha value is -1.59. The molecule has 0 saturated carbocycles. The number of aliphatic hydroxyl groups excluding tert-OH is 1. The van der Waals surface area contributed by atoms with Crippen molar-refractivity contribution < 1.29 is 19.7 Å². The lowest BCUT2D eigenvalue weighted by Gasteiger charge is -2.34. The van der Waals surface area contributed by atoms with Gasteiger partial charge in [0.2, 0.25) is 0 Å². The van der Waals surface area contributed by atoms with Crippen LogP contribution in [0.1, 0.15) is 37.8 Å². The Morgan fingerprint density at radius 3 is 2.76 bits per heavy atom. The van der Waals surface area contributed by atoms with Gasteiger partial charge in [0.25, 0.3) is 0 Å². The van der Waals surface area contributed by atoms with E-state index in [1.807, 2.05) is 30.0 Å². The van der Waals surface area contributed by atoms with E-state index < -0.39 is 12.0 Å². The number of nitrogens with zero attached hydrogens (tertiary/aromatic N) is 1. The Morgan fingerprint density at radius 1 is 1.43 bits per heavy atom. The van der Waals surface area contributed by atoms with Crippen LogP contribution in [-0.4, -0.2) is 46.9 Å². The van der Waals surface area contributed by atoms with Crippen molar-refractivity contribution in [2.75, 3.05) is 19.7 Å². The van der Waals surface area contributed by atoms with Crippen LogP contribution in [0.25, 0.3) is 0 Å². The van der Waals surface area contributed by atoms with Crippen molar-refractivity contribution in [2.45, 2.75) is 38.3 Å². The first kappa shape index (κ1) is 15.8. The molecule has 5 heteroatoms. The van der Waals surface area contributed by atoms with Crippen molar-refractivity contribution in [3.8, 4) is 5.75 Å². The molecule has 116 valence electrons. The van der Waals surface area contributed by atoms with Crippen molar-refractivity contribution in [1.82, 2.24) is 4.90 Å². The normalized spacial score (nSPS) is 18.4. The van der Waals surface area contributed by atoms with Gasteiger partial charge < -0.3 is 14.9 Å². The maximum Gasteiger partial charge on any atom is 0.325 e. The second-order valence-corrected chi connectivity index (χ2v) is 5.43. The molecular formula is C16H23NO4. The minimum absolute atomic E-state index is 0.310. The van der Waals surface area contributed by atoms with E-state index >= 15 is 0 Å². The van der Waals surface area contributed by atoms with Crippen LogP contribution < -0.4 is 4.74 Å². The van der Waals surface area contributed by atoms with Crippen molar-refractivity contribution in [2.24, 2.45) is 0 Å². The van der Waals surface area contributed by atoms with E-state index in [0.29, 0.717) is 38.3 Å². The summed E-state index contributed by atoms with van der Waals surface area (Å²) in [5, 5.41) is 19.1. The zero-order valence-corrected chi connectivity index (χ0v) is 12.4. The molecule has 0 amide bonds. The molecule has 0 aliphatic carbocycles. The van der Waals surface area contributed by atoms with E-state index in [0.717, 1.165) is 12.0 Å². The Balaban J connectivity index is 2.16. The van der Waals surface area contributed by atoms with Gasteiger partial charge in [0.1, 0.15) is 11.8 Å². The van der Waals surface area contributed by atoms with E-state index in [9.17, 15) is 15.0 Å². The maximum absolute atomic E-state index is 11.7. The molecule has 0 radical (unpaired) electrons. The van der Waals surface area contributed by atoms with Crippen molar-refractivity contribution in [1.29, 1.82) is 0 Å². The number of aliphatic hydroxyl groups is 1. The number of carbonyl (C=O) groups is 1. The highest BCUT2D eigenvalue weighted by molar-refractivity contribution is 5.75.